The Kier molecular flexibility index (Phi) is 7.18. The van der Waals surface area contributed by atoms with Gasteiger partial charge in [-0.1, -0.05) is 26.0 Å². The number of hydrogen-bond donors (Lipinski definition) is 1. The zero-order valence-corrected chi connectivity index (χ0v) is 21.9. The average molecular weight is 513 g/mol. The Labute approximate surface area is 222 Å². The normalized spacial score (nSPS) is 20.1. The van der Waals surface area contributed by atoms with E-state index in [0.717, 1.165) is 23.3 Å². The highest BCUT2D eigenvalue weighted by Gasteiger charge is 2.46. The molecule has 2 atom stereocenters. The number of aliphatic hydroxyl groups is 1. The molecule has 1 saturated heterocycles. The van der Waals surface area contributed by atoms with Gasteiger partial charge < -0.3 is 19.5 Å². The highest BCUT2D eigenvalue weighted by Crippen LogP contribution is 2.42. The van der Waals surface area contributed by atoms with Crippen LogP contribution in [0.1, 0.15) is 55.5 Å². The predicted octanol–water partition coefficient (Wildman–Crippen LogP) is 5.45. The summed E-state index contributed by atoms with van der Waals surface area (Å²) in [7, 11) is 0. The first kappa shape index (κ1) is 25.5. The fraction of sp³-hybridized carbons (Fsp3) is 0.323. The molecule has 0 unspecified atom stereocenters. The summed E-state index contributed by atoms with van der Waals surface area (Å²) >= 11 is 0. The Morgan fingerprint density at radius 3 is 2.68 bits per heavy atom. The molecule has 0 radical (unpaired) electrons. The summed E-state index contributed by atoms with van der Waals surface area (Å²) in [5.74, 6) is 0.372. The molecule has 2 aliphatic heterocycles. The molecule has 5 rings (SSSR count). The quantitative estimate of drug-likeness (QED) is 0.245. The molecular weight excluding hydrogens is 480 g/mol. The maximum Gasteiger partial charge on any atom is 0.295 e. The van der Waals surface area contributed by atoms with Gasteiger partial charge >= 0.3 is 0 Å². The minimum absolute atomic E-state index is 0.0479. The van der Waals surface area contributed by atoms with Crippen LogP contribution in [0.5, 0.6) is 11.5 Å². The van der Waals surface area contributed by atoms with Gasteiger partial charge in [-0.2, -0.15) is 0 Å². The Morgan fingerprint density at radius 1 is 1.13 bits per heavy atom. The van der Waals surface area contributed by atoms with E-state index in [2.05, 4.69) is 18.8 Å². The smallest absolute Gasteiger partial charge is 0.295 e. The third-order valence-corrected chi connectivity index (χ3v) is 6.95. The number of nitrogens with zero attached hydrogens (tertiary/aromatic N) is 2. The number of fused-ring (bicyclic) bond motifs is 1. The summed E-state index contributed by atoms with van der Waals surface area (Å²) in [5, 5.41) is 11.5. The number of benzene rings is 2. The van der Waals surface area contributed by atoms with Gasteiger partial charge in [0.2, 0.25) is 0 Å². The number of aliphatic hydroxyl groups excluding tert-OH is 1. The van der Waals surface area contributed by atoms with Gasteiger partial charge in [-0.3, -0.25) is 14.6 Å². The number of amides is 1. The van der Waals surface area contributed by atoms with Crippen LogP contribution < -0.4 is 9.47 Å². The molecule has 0 saturated carbocycles. The number of rotatable bonds is 8. The first-order chi connectivity index (χ1) is 18.3. The molecular formula is C31H32N2O5. The van der Waals surface area contributed by atoms with Crippen molar-refractivity contribution in [1.82, 2.24) is 9.88 Å². The van der Waals surface area contributed by atoms with Crippen LogP contribution in [0.15, 0.2) is 72.6 Å². The number of ether oxygens (including phenoxy) is 2. The Balaban J connectivity index is 1.57. The Morgan fingerprint density at radius 2 is 1.92 bits per heavy atom. The maximum absolute atomic E-state index is 13.4. The molecule has 1 aromatic heterocycles. The summed E-state index contributed by atoms with van der Waals surface area (Å²) in [4.78, 5) is 32.4. The largest absolute Gasteiger partial charge is 0.507 e. The van der Waals surface area contributed by atoms with Crippen molar-refractivity contribution in [2.45, 2.75) is 52.3 Å². The van der Waals surface area contributed by atoms with Gasteiger partial charge in [-0.15, -0.1) is 0 Å². The molecule has 1 amide bonds. The number of hydrogen-bond acceptors (Lipinski definition) is 6. The molecule has 196 valence electrons. The molecule has 3 aromatic rings. The van der Waals surface area contributed by atoms with Crippen LogP contribution in [0.4, 0.5) is 0 Å². The lowest BCUT2D eigenvalue weighted by Crippen LogP contribution is -2.29. The third kappa shape index (κ3) is 5.14. The first-order valence-corrected chi connectivity index (χ1v) is 13.0. The van der Waals surface area contributed by atoms with Crippen LogP contribution >= 0.6 is 0 Å². The van der Waals surface area contributed by atoms with Crippen molar-refractivity contribution in [2.24, 2.45) is 5.92 Å². The molecule has 38 heavy (non-hydrogen) atoms. The molecule has 2 aromatic carbocycles. The SMILES string of the molecule is CC(C)CCOc1cccc([C@@H]2/C(=C(\O)c3ccc4c(c3)C[C@@H](C)O4)C(=O)C(=O)N2Cc2ccncc2)c1. The molecule has 1 N–H and O–H groups in total. The standard InChI is InChI=1S/C31H32N2O5/c1-19(2)11-14-37-25-6-4-5-22(17-25)28-27(29(34)23-7-8-26-24(16-23)15-20(3)38-26)30(35)31(36)33(28)18-21-9-12-32-13-10-21/h4-10,12-13,16-17,19-20,28,34H,11,14-15,18H2,1-3H3/b29-27+/t20-,28-/m1/s1. The fourth-order valence-corrected chi connectivity index (χ4v) is 4.99. The topological polar surface area (TPSA) is 89.0 Å². The van der Waals surface area contributed by atoms with Crippen molar-refractivity contribution in [3.8, 4) is 11.5 Å². The van der Waals surface area contributed by atoms with Crippen molar-refractivity contribution in [3.63, 3.8) is 0 Å². The van der Waals surface area contributed by atoms with E-state index in [4.69, 9.17) is 9.47 Å². The molecule has 0 spiro atoms. The molecule has 1 fully saturated rings. The molecule has 7 heteroatoms. The van der Waals surface area contributed by atoms with Crippen LogP contribution in [0, 0.1) is 5.92 Å². The second-order valence-corrected chi connectivity index (χ2v) is 10.3. The van der Waals surface area contributed by atoms with Crippen molar-refractivity contribution in [1.29, 1.82) is 0 Å². The lowest BCUT2D eigenvalue weighted by atomic mass is 9.94. The van der Waals surface area contributed by atoms with Crippen LogP contribution in [0.3, 0.4) is 0 Å². The summed E-state index contributed by atoms with van der Waals surface area (Å²) < 4.78 is 11.8. The Hall–Kier alpha value is -4.13. The second kappa shape index (κ2) is 10.7. The van der Waals surface area contributed by atoms with E-state index in [-0.39, 0.29) is 24.0 Å². The van der Waals surface area contributed by atoms with Gasteiger partial charge in [0.1, 0.15) is 23.4 Å². The fourth-order valence-electron chi connectivity index (χ4n) is 4.99. The van der Waals surface area contributed by atoms with Crippen molar-refractivity contribution in [3.05, 3.63) is 94.8 Å². The van der Waals surface area contributed by atoms with Gasteiger partial charge in [-0.25, -0.2) is 0 Å². The number of ketones is 1. The van der Waals surface area contributed by atoms with Crippen molar-refractivity contribution < 1.29 is 24.2 Å². The molecule has 3 heterocycles. The molecule has 7 nitrogen and oxygen atoms in total. The average Bonchev–Trinajstić information content (AvgIpc) is 3.40. The van der Waals surface area contributed by atoms with Gasteiger partial charge in [0.25, 0.3) is 11.7 Å². The maximum atomic E-state index is 13.4. The van der Waals surface area contributed by atoms with E-state index < -0.39 is 17.7 Å². The monoisotopic (exact) mass is 512 g/mol. The number of likely N-dealkylation sites (tertiary alicyclic amines) is 1. The number of pyridine rings is 1. The lowest BCUT2D eigenvalue weighted by molar-refractivity contribution is -0.140. The molecule has 2 aliphatic rings. The number of carbonyl (C=O) groups excluding carboxylic acids is 2. The van der Waals surface area contributed by atoms with Crippen LogP contribution in [-0.2, 0) is 22.6 Å². The van der Waals surface area contributed by atoms with Gasteiger partial charge in [0, 0.05) is 30.9 Å². The predicted molar refractivity (Wildman–Crippen MR) is 144 cm³/mol. The van der Waals surface area contributed by atoms with Crippen molar-refractivity contribution >= 4 is 17.4 Å². The van der Waals surface area contributed by atoms with E-state index in [9.17, 15) is 14.7 Å². The van der Waals surface area contributed by atoms with Gasteiger partial charge in [0.15, 0.2) is 0 Å². The van der Waals surface area contributed by atoms with E-state index in [1.54, 1.807) is 24.5 Å². The number of Topliss-reactive ketones (excluding diaryl/α,β-unsaturated/α-hetero) is 1. The third-order valence-electron chi connectivity index (χ3n) is 6.95. The lowest BCUT2D eigenvalue weighted by Gasteiger charge is -2.26. The Bertz CT molecular complexity index is 1380. The van der Waals surface area contributed by atoms with Gasteiger partial charge in [0.05, 0.1) is 18.2 Å². The van der Waals surface area contributed by atoms with Crippen LogP contribution in [0.2, 0.25) is 0 Å². The molecule has 0 aliphatic carbocycles. The second-order valence-electron chi connectivity index (χ2n) is 10.3. The van der Waals surface area contributed by atoms with E-state index in [1.165, 1.54) is 4.90 Å². The highest BCUT2D eigenvalue weighted by molar-refractivity contribution is 6.46. The minimum Gasteiger partial charge on any atom is -0.507 e. The minimum atomic E-state index is -0.778. The van der Waals surface area contributed by atoms with E-state index in [1.807, 2.05) is 49.4 Å². The first-order valence-electron chi connectivity index (χ1n) is 13.0. The summed E-state index contributed by atoms with van der Waals surface area (Å²) in [6, 6.07) is 15.6. The summed E-state index contributed by atoms with van der Waals surface area (Å²) in [5.41, 5.74) is 3.04. The zero-order chi connectivity index (χ0) is 26.8. The summed E-state index contributed by atoms with van der Waals surface area (Å²) in [6.45, 7) is 7.02. The zero-order valence-electron chi connectivity index (χ0n) is 21.9. The van der Waals surface area contributed by atoms with Crippen molar-refractivity contribution in [2.75, 3.05) is 6.61 Å². The molecule has 0 bridgehead atoms. The number of aromatic nitrogens is 1. The van der Waals surface area contributed by atoms with E-state index >= 15 is 0 Å². The van der Waals surface area contributed by atoms with E-state index in [0.29, 0.717) is 35.8 Å². The highest BCUT2D eigenvalue weighted by atomic mass is 16.5. The number of carbonyl (C=O) groups is 2. The van der Waals surface area contributed by atoms with Crippen LogP contribution in [0.25, 0.3) is 5.76 Å². The van der Waals surface area contributed by atoms with Crippen LogP contribution in [-0.4, -0.2) is 39.4 Å². The summed E-state index contributed by atoms with van der Waals surface area (Å²) in [6.07, 6.45) is 4.97. The van der Waals surface area contributed by atoms with Gasteiger partial charge in [-0.05, 0) is 78.4 Å².